The number of allylic oxidation sites excluding steroid dienone is 1. The summed E-state index contributed by atoms with van der Waals surface area (Å²) < 4.78 is 0. The summed E-state index contributed by atoms with van der Waals surface area (Å²) in [6.07, 6.45) is 7.21. The van der Waals surface area contributed by atoms with Gasteiger partial charge in [0.05, 0.1) is 0 Å². The van der Waals surface area contributed by atoms with Crippen LogP contribution < -0.4 is 5.32 Å². The van der Waals surface area contributed by atoms with Crippen molar-refractivity contribution in [1.29, 1.82) is 0 Å². The van der Waals surface area contributed by atoms with Crippen LogP contribution >= 0.6 is 0 Å². The molecule has 2 aliphatic rings. The van der Waals surface area contributed by atoms with Gasteiger partial charge < -0.3 is 10.4 Å². The van der Waals surface area contributed by atoms with Gasteiger partial charge in [-0.15, -0.1) is 6.58 Å². The Morgan fingerprint density at radius 1 is 1.28 bits per heavy atom. The van der Waals surface area contributed by atoms with Crippen molar-refractivity contribution in [1.82, 2.24) is 5.32 Å². The minimum absolute atomic E-state index is 0.0449. The maximum Gasteiger partial charge on any atom is 0.326 e. The highest BCUT2D eigenvalue weighted by Crippen LogP contribution is 2.49. The van der Waals surface area contributed by atoms with E-state index in [1.807, 2.05) is 0 Å². The standard InChI is InChI=1S/C14H21NO3/c1-2-3-4-11(14(17)18)15-13(16)12(9-5-6-9)10-7-8-10/h2,9-12H,1,3-8H2,(H,15,16)(H,17,18). The first kappa shape index (κ1) is 13.1. The molecular weight excluding hydrogens is 230 g/mol. The lowest BCUT2D eigenvalue weighted by molar-refractivity contribution is -0.143. The minimum Gasteiger partial charge on any atom is -0.480 e. The van der Waals surface area contributed by atoms with Gasteiger partial charge in [0.1, 0.15) is 6.04 Å². The molecule has 2 saturated carbocycles. The number of hydrogen-bond donors (Lipinski definition) is 2. The Hall–Kier alpha value is -1.32. The Morgan fingerprint density at radius 3 is 2.22 bits per heavy atom. The summed E-state index contributed by atoms with van der Waals surface area (Å²) in [5.41, 5.74) is 0. The summed E-state index contributed by atoms with van der Waals surface area (Å²) in [7, 11) is 0. The van der Waals surface area contributed by atoms with Crippen molar-refractivity contribution < 1.29 is 14.7 Å². The van der Waals surface area contributed by atoms with Crippen LogP contribution in [0, 0.1) is 17.8 Å². The number of aliphatic carboxylic acids is 1. The summed E-state index contributed by atoms with van der Waals surface area (Å²) in [4.78, 5) is 23.3. The molecule has 0 spiro atoms. The summed E-state index contributed by atoms with van der Waals surface area (Å²) in [6, 6.07) is -0.768. The maximum absolute atomic E-state index is 12.2. The summed E-state index contributed by atoms with van der Waals surface area (Å²) in [6.45, 7) is 3.58. The van der Waals surface area contributed by atoms with E-state index in [1.165, 1.54) is 0 Å². The van der Waals surface area contributed by atoms with Crippen LogP contribution in [0.4, 0.5) is 0 Å². The van der Waals surface area contributed by atoms with Gasteiger partial charge >= 0.3 is 5.97 Å². The minimum atomic E-state index is -0.949. The van der Waals surface area contributed by atoms with E-state index in [0.717, 1.165) is 25.7 Å². The first-order valence-electron chi connectivity index (χ1n) is 6.77. The lowest BCUT2D eigenvalue weighted by Gasteiger charge is -2.19. The van der Waals surface area contributed by atoms with Crippen LogP contribution in [0.25, 0.3) is 0 Å². The molecule has 0 bridgehead atoms. The zero-order valence-electron chi connectivity index (χ0n) is 10.6. The van der Waals surface area contributed by atoms with Crippen LogP contribution in [0.1, 0.15) is 38.5 Å². The second kappa shape index (κ2) is 5.55. The van der Waals surface area contributed by atoms with E-state index in [1.54, 1.807) is 6.08 Å². The Labute approximate surface area is 107 Å². The van der Waals surface area contributed by atoms with Crippen LogP contribution in [-0.4, -0.2) is 23.0 Å². The quantitative estimate of drug-likeness (QED) is 0.648. The molecule has 0 heterocycles. The Morgan fingerprint density at radius 2 is 1.83 bits per heavy atom. The number of amides is 1. The molecular formula is C14H21NO3. The van der Waals surface area contributed by atoms with E-state index < -0.39 is 12.0 Å². The average molecular weight is 251 g/mol. The van der Waals surface area contributed by atoms with Gasteiger partial charge in [-0.05, 0) is 50.4 Å². The van der Waals surface area contributed by atoms with Gasteiger partial charge in [-0.2, -0.15) is 0 Å². The zero-order valence-corrected chi connectivity index (χ0v) is 10.6. The highest BCUT2D eigenvalue weighted by molar-refractivity contribution is 5.85. The molecule has 0 aromatic heterocycles. The highest BCUT2D eigenvalue weighted by Gasteiger charge is 2.46. The van der Waals surface area contributed by atoms with Crippen LogP contribution in [0.5, 0.6) is 0 Å². The van der Waals surface area contributed by atoms with E-state index in [0.29, 0.717) is 24.7 Å². The molecule has 0 saturated heterocycles. The molecule has 0 aromatic rings. The van der Waals surface area contributed by atoms with Gasteiger partial charge in [0, 0.05) is 5.92 Å². The third-order valence-electron chi connectivity index (χ3n) is 3.84. The fourth-order valence-corrected chi connectivity index (χ4v) is 2.53. The monoisotopic (exact) mass is 251 g/mol. The van der Waals surface area contributed by atoms with Gasteiger partial charge in [-0.3, -0.25) is 4.79 Å². The maximum atomic E-state index is 12.2. The SMILES string of the molecule is C=CCCC(NC(=O)C(C1CC1)C1CC1)C(=O)O. The van der Waals surface area contributed by atoms with E-state index in [9.17, 15) is 9.59 Å². The van der Waals surface area contributed by atoms with Gasteiger partial charge in [0.25, 0.3) is 0 Å². The predicted octanol–water partition coefficient (Wildman–Crippen LogP) is 1.96. The van der Waals surface area contributed by atoms with Crippen molar-refractivity contribution in [2.24, 2.45) is 17.8 Å². The number of carbonyl (C=O) groups is 2. The lowest BCUT2D eigenvalue weighted by atomic mass is 9.96. The van der Waals surface area contributed by atoms with Crippen molar-refractivity contribution in [3.8, 4) is 0 Å². The number of carbonyl (C=O) groups excluding carboxylic acids is 1. The van der Waals surface area contributed by atoms with E-state index in [-0.39, 0.29) is 11.8 Å². The second-order valence-electron chi connectivity index (χ2n) is 5.47. The van der Waals surface area contributed by atoms with Gasteiger partial charge in [0.2, 0.25) is 5.91 Å². The first-order valence-corrected chi connectivity index (χ1v) is 6.77. The third-order valence-corrected chi connectivity index (χ3v) is 3.84. The topological polar surface area (TPSA) is 66.4 Å². The van der Waals surface area contributed by atoms with E-state index >= 15 is 0 Å². The largest absolute Gasteiger partial charge is 0.480 e. The first-order chi connectivity index (χ1) is 8.63. The van der Waals surface area contributed by atoms with Crippen molar-refractivity contribution in [2.45, 2.75) is 44.6 Å². The molecule has 2 rings (SSSR count). The van der Waals surface area contributed by atoms with Crippen LogP contribution in [0.3, 0.4) is 0 Å². The van der Waals surface area contributed by atoms with Gasteiger partial charge in [-0.1, -0.05) is 6.08 Å². The number of rotatable bonds is 8. The Bertz CT molecular complexity index is 333. The molecule has 0 radical (unpaired) electrons. The smallest absolute Gasteiger partial charge is 0.326 e. The molecule has 1 unspecified atom stereocenters. The number of carboxylic acids is 1. The molecule has 0 aliphatic heterocycles. The molecule has 2 fully saturated rings. The number of nitrogens with one attached hydrogen (secondary N) is 1. The fourth-order valence-electron chi connectivity index (χ4n) is 2.53. The van der Waals surface area contributed by atoms with Crippen molar-refractivity contribution in [3.05, 3.63) is 12.7 Å². The Balaban J connectivity index is 1.89. The van der Waals surface area contributed by atoms with Crippen molar-refractivity contribution in [3.63, 3.8) is 0 Å². The molecule has 0 aromatic carbocycles. The normalized spacial score (nSPS) is 20.5. The summed E-state index contributed by atoms with van der Waals surface area (Å²) >= 11 is 0. The van der Waals surface area contributed by atoms with Gasteiger partial charge in [-0.25, -0.2) is 4.79 Å². The summed E-state index contributed by atoms with van der Waals surface area (Å²) in [5.74, 6) is 0.0836. The molecule has 2 N–H and O–H groups in total. The van der Waals surface area contributed by atoms with Crippen molar-refractivity contribution >= 4 is 11.9 Å². The van der Waals surface area contributed by atoms with Crippen LogP contribution in [-0.2, 0) is 9.59 Å². The molecule has 4 nitrogen and oxygen atoms in total. The molecule has 4 heteroatoms. The molecule has 2 aliphatic carbocycles. The van der Waals surface area contributed by atoms with Gasteiger partial charge in [0.15, 0.2) is 0 Å². The predicted molar refractivity (Wildman–Crippen MR) is 67.9 cm³/mol. The van der Waals surface area contributed by atoms with E-state index in [2.05, 4.69) is 11.9 Å². The van der Waals surface area contributed by atoms with Crippen molar-refractivity contribution in [2.75, 3.05) is 0 Å². The Kier molecular flexibility index (Phi) is 4.04. The second-order valence-corrected chi connectivity index (χ2v) is 5.47. The van der Waals surface area contributed by atoms with Crippen LogP contribution in [0.15, 0.2) is 12.7 Å². The molecule has 1 amide bonds. The molecule has 100 valence electrons. The average Bonchev–Trinajstić information content (AvgIpc) is 3.17. The van der Waals surface area contributed by atoms with Crippen LogP contribution in [0.2, 0.25) is 0 Å². The highest BCUT2D eigenvalue weighted by atomic mass is 16.4. The third kappa shape index (κ3) is 3.34. The number of carboxylic acid groups (broad SMARTS) is 1. The zero-order chi connectivity index (χ0) is 13.1. The lowest BCUT2D eigenvalue weighted by Crippen LogP contribution is -2.44. The fraction of sp³-hybridized carbons (Fsp3) is 0.714. The summed E-state index contributed by atoms with van der Waals surface area (Å²) in [5, 5.41) is 11.8. The van der Waals surface area contributed by atoms with E-state index in [4.69, 9.17) is 5.11 Å². The number of hydrogen-bond acceptors (Lipinski definition) is 2. The molecule has 18 heavy (non-hydrogen) atoms. The molecule has 1 atom stereocenters.